The van der Waals surface area contributed by atoms with Crippen molar-refractivity contribution in [3.8, 4) is 0 Å². The van der Waals surface area contributed by atoms with Crippen LogP contribution >= 0.6 is 0 Å². The van der Waals surface area contributed by atoms with Crippen LogP contribution < -0.4 is 0 Å². The summed E-state index contributed by atoms with van der Waals surface area (Å²) in [6.07, 6.45) is -3.40. The van der Waals surface area contributed by atoms with Gasteiger partial charge >= 0.3 is 0 Å². The highest BCUT2D eigenvalue weighted by Crippen LogP contribution is 2.30. The van der Waals surface area contributed by atoms with Gasteiger partial charge in [0.1, 0.15) is 30.1 Å². The first-order valence-corrected chi connectivity index (χ1v) is 4.67. The van der Waals surface area contributed by atoms with Gasteiger partial charge in [-0.15, -0.1) is 5.10 Å². The molecule has 84 valence electrons. The zero-order valence-electron chi connectivity index (χ0n) is 8.11. The Balaban J connectivity index is 2.20. The Morgan fingerprint density at radius 1 is 1.27 bits per heavy atom. The van der Waals surface area contributed by atoms with Crippen molar-refractivity contribution >= 4 is 0 Å². The summed E-state index contributed by atoms with van der Waals surface area (Å²) in [4.78, 5) is 0. The van der Waals surface area contributed by atoms with E-state index in [1.54, 1.807) is 6.92 Å². The normalized spacial score (nSPS) is 41.7. The lowest BCUT2D eigenvalue weighted by Gasteiger charge is -2.38. The molecule has 0 amide bonds. The Morgan fingerprint density at radius 2 is 2.00 bits per heavy atom. The van der Waals surface area contributed by atoms with Crippen molar-refractivity contribution in [2.45, 2.75) is 37.4 Å². The summed E-state index contributed by atoms with van der Waals surface area (Å²) in [6, 6.07) is 0. The van der Waals surface area contributed by atoms with Crippen molar-refractivity contribution in [3.05, 3.63) is 11.9 Å². The summed E-state index contributed by atoms with van der Waals surface area (Å²) in [5, 5.41) is 38.4. The number of aliphatic hydroxyl groups is 3. The summed E-state index contributed by atoms with van der Waals surface area (Å²) in [6.45, 7) is 1.62. The van der Waals surface area contributed by atoms with Gasteiger partial charge in [-0.25, -0.2) is 0 Å². The number of rotatable bonds is 1. The Morgan fingerprint density at radius 3 is 2.60 bits per heavy atom. The number of aromatic amines is 1. The predicted octanol–water partition coefficient (Wildman–Crippen LogP) is -1.65. The maximum atomic E-state index is 9.68. The quantitative estimate of drug-likeness (QED) is 0.446. The number of hydrogen-bond acceptors (Lipinski definition) is 6. The lowest BCUT2D eigenvalue weighted by molar-refractivity contribution is -0.220. The lowest BCUT2D eigenvalue weighted by Crippen LogP contribution is -2.53. The molecule has 4 N–H and O–H groups in total. The van der Waals surface area contributed by atoms with Crippen LogP contribution in [0.3, 0.4) is 0 Å². The highest BCUT2D eigenvalue weighted by Gasteiger charge is 2.43. The lowest BCUT2D eigenvalue weighted by atomic mass is 9.94. The number of ether oxygens (including phenoxy) is 1. The zero-order valence-corrected chi connectivity index (χ0v) is 8.11. The maximum Gasteiger partial charge on any atom is 0.132 e. The van der Waals surface area contributed by atoms with Crippen LogP contribution in [0.15, 0.2) is 6.20 Å². The van der Waals surface area contributed by atoms with Crippen molar-refractivity contribution in [1.82, 2.24) is 15.4 Å². The molecule has 1 saturated heterocycles. The van der Waals surface area contributed by atoms with Crippen LogP contribution in [0.1, 0.15) is 18.7 Å². The van der Waals surface area contributed by atoms with Gasteiger partial charge in [0.25, 0.3) is 0 Å². The Hall–Kier alpha value is -1.02. The van der Waals surface area contributed by atoms with Crippen LogP contribution in [0.25, 0.3) is 0 Å². The topological polar surface area (TPSA) is 111 Å². The molecular weight excluding hydrogens is 202 g/mol. The summed E-state index contributed by atoms with van der Waals surface area (Å²) in [5.74, 6) is 0. The fraction of sp³-hybridized carbons (Fsp3) is 0.750. The van der Waals surface area contributed by atoms with E-state index in [-0.39, 0.29) is 0 Å². The van der Waals surface area contributed by atoms with Crippen molar-refractivity contribution in [3.63, 3.8) is 0 Å². The molecule has 15 heavy (non-hydrogen) atoms. The van der Waals surface area contributed by atoms with E-state index >= 15 is 0 Å². The number of nitrogens with zero attached hydrogens (tertiary/aromatic N) is 2. The zero-order chi connectivity index (χ0) is 11.0. The molecular formula is C8H13N3O4. The third kappa shape index (κ3) is 1.74. The van der Waals surface area contributed by atoms with Gasteiger partial charge in [-0.05, 0) is 6.92 Å². The van der Waals surface area contributed by atoms with Crippen LogP contribution in [0.5, 0.6) is 0 Å². The number of H-pyrrole nitrogens is 1. The molecule has 7 nitrogen and oxygen atoms in total. The van der Waals surface area contributed by atoms with E-state index in [4.69, 9.17) is 4.74 Å². The van der Waals surface area contributed by atoms with Gasteiger partial charge in [-0.3, -0.25) is 5.10 Å². The molecule has 1 aromatic rings. The summed E-state index contributed by atoms with van der Waals surface area (Å²) >= 11 is 0. The van der Waals surface area contributed by atoms with Gasteiger partial charge in [-0.1, -0.05) is 5.21 Å². The molecule has 7 heteroatoms. The standard InChI is InChI=1S/C8H13N3O4/c1-3-5(12)6(13)7(14)8(15-3)4-2-9-11-10-4/h2-3,5-8,12-14H,1H3,(H,9,10,11)/t3-,5-,6+,7+,8?/m0/s1. The summed E-state index contributed by atoms with van der Waals surface area (Å²) < 4.78 is 5.34. The monoisotopic (exact) mass is 215 g/mol. The first-order valence-electron chi connectivity index (χ1n) is 4.67. The molecule has 0 spiro atoms. The number of aromatic nitrogens is 3. The first kappa shape index (κ1) is 10.5. The largest absolute Gasteiger partial charge is 0.388 e. The second-order valence-corrected chi connectivity index (χ2v) is 3.63. The van der Waals surface area contributed by atoms with Gasteiger partial charge in [0.05, 0.1) is 6.10 Å². The van der Waals surface area contributed by atoms with E-state index in [0.717, 1.165) is 0 Å². The van der Waals surface area contributed by atoms with Crippen LogP contribution in [-0.4, -0.2) is 55.1 Å². The maximum absolute atomic E-state index is 9.68. The fourth-order valence-corrected chi connectivity index (χ4v) is 1.65. The van der Waals surface area contributed by atoms with Gasteiger partial charge in [-0.2, -0.15) is 0 Å². The molecule has 1 unspecified atom stereocenters. The van der Waals surface area contributed by atoms with Gasteiger partial charge in [0.2, 0.25) is 0 Å². The molecule has 2 heterocycles. The highest BCUT2D eigenvalue weighted by molar-refractivity contribution is 5.05. The molecule has 1 aliphatic rings. The SMILES string of the molecule is C[C@@H]1OC(c2c[nH]nn2)[C@H](O)[C@H](O)[C@H]1O. The Labute approximate surface area is 85.7 Å². The molecule has 1 fully saturated rings. The Bertz CT molecular complexity index is 318. The van der Waals surface area contributed by atoms with E-state index in [0.29, 0.717) is 5.69 Å². The van der Waals surface area contributed by atoms with Crippen LogP contribution in [0, 0.1) is 0 Å². The fourth-order valence-electron chi connectivity index (χ4n) is 1.65. The molecule has 5 atom stereocenters. The predicted molar refractivity (Wildman–Crippen MR) is 47.7 cm³/mol. The number of hydrogen-bond donors (Lipinski definition) is 4. The van der Waals surface area contributed by atoms with Gasteiger partial charge < -0.3 is 20.1 Å². The first-order chi connectivity index (χ1) is 7.11. The molecule has 1 aliphatic heterocycles. The third-order valence-corrected chi connectivity index (χ3v) is 2.58. The van der Waals surface area contributed by atoms with Crippen molar-refractivity contribution < 1.29 is 20.1 Å². The number of nitrogens with one attached hydrogen (secondary N) is 1. The smallest absolute Gasteiger partial charge is 0.132 e. The van der Waals surface area contributed by atoms with Crippen LogP contribution in [0.4, 0.5) is 0 Å². The average Bonchev–Trinajstić information content (AvgIpc) is 2.73. The average molecular weight is 215 g/mol. The van der Waals surface area contributed by atoms with E-state index in [1.807, 2.05) is 0 Å². The van der Waals surface area contributed by atoms with E-state index < -0.39 is 30.5 Å². The number of aliphatic hydroxyl groups excluding tert-OH is 3. The van der Waals surface area contributed by atoms with Crippen molar-refractivity contribution in [2.75, 3.05) is 0 Å². The second-order valence-electron chi connectivity index (χ2n) is 3.63. The summed E-state index contributed by atoms with van der Waals surface area (Å²) in [5.41, 5.74) is 0.403. The molecule has 0 radical (unpaired) electrons. The Kier molecular flexibility index (Phi) is 2.70. The van der Waals surface area contributed by atoms with Gasteiger partial charge in [0.15, 0.2) is 0 Å². The molecule has 0 aromatic carbocycles. The molecule has 2 rings (SSSR count). The van der Waals surface area contributed by atoms with Crippen molar-refractivity contribution in [1.29, 1.82) is 0 Å². The molecule has 1 aromatic heterocycles. The second kappa shape index (κ2) is 3.86. The molecule has 0 aliphatic carbocycles. The van der Waals surface area contributed by atoms with E-state index in [9.17, 15) is 15.3 Å². The van der Waals surface area contributed by atoms with E-state index in [2.05, 4.69) is 15.4 Å². The van der Waals surface area contributed by atoms with Gasteiger partial charge in [0, 0.05) is 6.20 Å². The molecule has 0 bridgehead atoms. The molecule has 0 saturated carbocycles. The van der Waals surface area contributed by atoms with Crippen LogP contribution in [-0.2, 0) is 4.74 Å². The third-order valence-electron chi connectivity index (χ3n) is 2.58. The van der Waals surface area contributed by atoms with Crippen molar-refractivity contribution in [2.24, 2.45) is 0 Å². The minimum absolute atomic E-state index is 0.403. The minimum atomic E-state index is -1.24. The van der Waals surface area contributed by atoms with E-state index in [1.165, 1.54) is 6.20 Å². The minimum Gasteiger partial charge on any atom is -0.388 e. The highest BCUT2D eigenvalue weighted by atomic mass is 16.5. The summed E-state index contributed by atoms with van der Waals surface area (Å²) in [7, 11) is 0. The van der Waals surface area contributed by atoms with Crippen LogP contribution in [0.2, 0.25) is 0 Å².